The van der Waals surface area contributed by atoms with E-state index in [1.165, 1.54) is 18.8 Å². The predicted molar refractivity (Wildman–Crippen MR) is 110 cm³/mol. The molecule has 1 N–H and O–H groups in total. The van der Waals surface area contributed by atoms with Crippen molar-refractivity contribution in [2.45, 2.75) is 45.6 Å². The van der Waals surface area contributed by atoms with Crippen LogP contribution in [-0.2, 0) is 9.63 Å². The van der Waals surface area contributed by atoms with Gasteiger partial charge in [0.15, 0.2) is 0 Å². The minimum atomic E-state index is -0.676. The molecule has 158 valence electrons. The number of hydroxylamine groups is 2. The topological polar surface area (TPSA) is 85.7 Å². The first kappa shape index (κ1) is 22.4. The Morgan fingerprint density at radius 3 is 2.72 bits per heavy atom. The molecule has 0 aliphatic heterocycles. The summed E-state index contributed by atoms with van der Waals surface area (Å²) in [7, 11) is 2.93. The summed E-state index contributed by atoms with van der Waals surface area (Å²) < 4.78 is 7.28. The monoisotopic (exact) mass is 402 g/mol. The van der Waals surface area contributed by atoms with Crippen LogP contribution in [0.3, 0.4) is 0 Å². The molecule has 0 aliphatic carbocycles. The molecular formula is C21H30N4O4. The van der Waals surface area contributed by atoms with Crippen molar-refractivity contribution >= 4 is 11.8 Å². The van der Waals surface area contributed by atoms with Gasteiger partial charge in [-0.05, 0) is 31.0 Å². The fourth-order valence-corrected chi connectivity index (χ4v) is 2.81. The summed E-state index contributed by atoms with van der Waals surface area (Å²) in [6.45, 7) is 4.70. The minimum absolute atomic E-state index is 0.305. The average Bonchev–Trinajstić information content (AvgIpc) is 3.23. The van der Waals surface area contributed by atoms with Crippen molar-refractivity contribution in [3.63, 3.8) is 0 Å². The first-order chi connectivity index (χ1) is 14.0. The molecule has 0 unspecified atom stereocenters. The van der Waals surface area contributed by atoms with Crippen LogP contribution in [0.15, 0.2) is 36.5 Å². The van der Waals surface area contributed by atoms with Gasteiger partial charge in [-0.1, -0.05) is 32.8 Å². The first-order valence-corrected chi connectivity index (χ1v) is 9.91. The van der Waals surface area contributed by atoms with Crippen molar-refractivity contribution in [1.29, 1.82) is 0 Å². The van der Waals surface area contributed by atoms with E-state index in [0.717, 1.165) is 30.1 Å². The van der Waals surface area contributed by atoms with Crippen molar-refractivity contribution in [1.82, 2.24) is 20.2 Å². The number of amides is 2. The van der Waals surface area contributed by atoms with Crippen LogP contribution in [0.4, 0.5) is 0 Å². The second kappa shape index (κ2) is 11.2. The van der Waals surface area contributed by atoms with Crippen molar-refractivity contribution in [3.8, 4) is 11.4 Å². The standard InChI is InChI=1S/C21H30N4O4/c1-5-7-14-29-17-11-8-10-16(15-17)25-19(12-13-22-25)20(26)23-18(9-6-2)21(27)24(3)28-4/h8,10-13,15,18H,5-7,9,14H2,1-4H3,(H,23,26)/t18-/m0/s1. The van der Waals surface area contributed by atoms with Crippen molar-refractivity contribution in [3.05, 3.63) is 42.2 Å². The Kier molecular flexibility index (Phi) is 8.67. The number of rotatable bonds is 11. The Morgan fingerprint density at radius 2 is 2.03 bits per heavy atom. The van der Waals surface area contributed by atoms with E-state index in [9.17, 15) is 9.59 Å². The third kappa shape index (κ3) is 6.05. The molecule has 0 aliphatic rings. The molecule has 8 heteroatoms. The zero-order valence-corrected chi connectivity index (χ0v) is 17.6. The molecule has 0 bridgehead atoms. The van der Waals surface area contributed by atoms with Gasteiger partial charge in [-0.2, -0.15) is 5.10 Å². The number of carbonyl (C=O) groups excluding carboxylic acids is 2. The van der Waals surface area contributed by atoms with E-state index in [-0.39, 0.29) is 11.8 Å². The normalized spacial score (nSPS) is 11.7. The predicted octanol–water partition coefficient (Wildman–Crippen LogP) is 2.97. The van der Waals surface area contributed by atoms with Gasteiger partial charge in [0.05, 0.1) is 25.6 Å². The van der Waals surface area contributed by atoms with Crippen molar-refractivity contribution < 1.29 is 19.2 Å². The second-order valence-electron chi connectivity index (χ2n) is 6.66. The Balaban J connectivity index is 2.19. The number of nitrogens with zero attached hydrogens (tertiary/aromatic N) is 3. The maximum atomic E-state index is 12.9. The lowest BCUT2D eigenvalue weighted by Crippen LogP contribution is -2.47. The third-order valence-corrected chi connectivity index (χ3v) is 4.47. The van der Waals surface area contributed by atoms with Gasteiger partial charge in [0.25, 0.3) is 11.8 Å². The lowest BCUT2D eigenvalue weighted by molar-refractivity contribution is -0.171. The number of aromatic nitrogens is 2. The summed E-state index contributed by atoms with van der Waals surface area (Å²) >= 11 is 0. The molecule has 1 atom stereocenters. The third-order valence-electron chi connectivity index (χ3n) is 4.47. The molecule has 2 rings (SSSR count). The Labute approximate surface area is 171 Å². The molecular weight excluding hydrogens is 372 g/mol. The molecule has 0 fully saturated rings. The van der Waals surface area contributed by atoms with Gasteiger partial charge in [0.2, 0.25) is 0 Å². The molecule has 8 nitrogen and oxygen atoms in total. The molecule has 29 heavy (non-hydrogen) atoms. The first-order valence-electron chi connectivity index (χ1n) is 9.91. The van der Waals surface area contributed by atoms with Crippen LogP contribution in [0, 0.1) is 0 Å². The summed E-state index contributed by atoms with van der Waals surface area (Å²) in [6, 6.07) is 8.37. The maximum absolute atomic E-state index is 12.9. The Hall–Kier alpha value is -2.87. The molecule has 2 aromatic rings. The van der Waals surface area contributed by atoms with Gasteiger partial charge in [-0.3, -0.25) is 14.4 Å². The maximum Gasteiger partial charge on any atom is 0.270 e. The van der Waals surface area contributed by atoms with Crippen molar-refractivity contribution in [2.75, 3.05) is 20.8 Å². The summed E-state index contributed by atoms with van der Waals surface area (Å²) in [5.74, 6) is 0.0368. The lowest BCUT2D eigenvalue weighted by atomic mass is 10.1. The molecule has 1 aromatic carbocycles. The van der Waals surface area contributed by atoms with E-state index >= 15 is 0 Å². The highest BCUT2D eigenvalue weighted by Gasteiger charge is 2.25. The minimum Gasteiger partial charge on any atom is -0.494 e. The summed E-state index contributed by atoms with van der Waals surface area (Å²) in [5, 5.41) is 8.19. The number of likely N-dealkylation sites (N-methyl/N-ethyl adjacent to an activating group) is 1. The van der Waals surface area contributed by atoms with E-state index in [1.807, 2.05) is 31.2 Å². The lowest BCUT2D eigenvalue weighted by Gasteiger charge is -2.22. The number of unbranched alkanes of at least 4 members (excludes halogenated alkanes) is 1. The van der Waals surface area contributed by atoms with Crippen LogP contribution < -0.4 is 10.1 Å². The van der Waals surface area contributed by atoms with Crippen LogP contribution in [0.5, 0.6) is 5.75 Å². The number of nitrogens with one attached hydrogen (secondary N) is 1. The summed E-state index contributed by atoms with van der Waals surface area (Å²) in [5.41, 5.74) is 1.05. The summed E-state index contributed by atoms with van der Waals surface area (Å²) in [4.78, 5) is 30.3. The molecule has 2 amide bonds. The fraction of sp³-hybridized carbons (Fsp3) is 0.476. The second-order valence-corrected chi connectivity index (χ2v) is 6.66. The molecule has 1 aromatic heterocycles. The zero-order valence-electron chi connectivity index (χ0n) is 17.6. The molecule has 0 saturated carbocycles. The van der Waals surface area contributed by atoms with E-state index in [0.29, 0.717) is 24.4 Å². The molecule has 0 saturated heterocycles. The van der Waals surface area contributed by atoms with Gasteiger partial charge >= 0.3 is 0 Å². The smallest absolute Gasteiger partial charge is 0.270 e. The number of hydrogen-bond donors (Lipinski definition) is 1. The van der Waals surface area contributed by atoms with Gasteiger partial charge in [-0.15, -0.1) is 0 Å². The average molecular weight is 402 g/mol. The van der Waals surface area contributed by atoms with Crippen LogP contribution in [0.2, 0.25) is 0 Å². The van der Waals surface area contributed by atoms with Crippen molar-refractivity contribution in [2.24, 2.45) is 0 Å². The fourth-order valence-electron chi connectivity index (χ4n) is 2.81. The highest BCUT2D eigenvalue weighted by molar-refractivity contribution is 5.96. The van der Waals surface area contributed by atoms with E-state index in [4.69, 9.17) is 9.57 Å². The quantitative estimate of drug-likeness (QED) is 0.461. The number of benzene rings is 1. The van der Waals surface area contributed by atoms with Gasteiger partial charge in [0.1, 0.15) is 17.5 Å². The molecule has 0 spiro atoms. The number of carbonyl (C=O) groups is 2. The molecule has 1 heterocycles. The van der Waals surface area contributed by atoms with E-state index < -0.39 is 6.04 Å². The van der Waals surface area contributed by atoms with E-state index in [1.54, 1.807) is 12.3 Å². The van der Waals surface area contributed by atoms with Crippen LogP contribution in [0.25, 0.3) is 5.69 Å². The van der Waals surface area contributed by atoms with Gasteiger partial charge in [-0.25, -0.2) is 9.75 Å². The van der Waals surface area contributed by atoms with Gasteiger partial charge in [0, 0.05) is 13.1 Å². The SMILES string of the molecule is CCCCOc1cccc(-n2nccc2C(=O)N[C@@H](CCC)C(=O)N(C)OC)c1. The van der Waals surface area contributed by atoms with Gasteiger partial charge < -0.3 is 10.1 Å². The highest BCUT2D eigenvalue weighted by Crippen LogP contribution is 2.18. The highest BCUT2D eigenvalue weighted by atomic mass is 16.7. The number of hydrogen-bond acceptors (Lipinski definition) is 5. The van der Waals surface area contributed by atoms with E-state index in [2.05, 4.69) is 17.3 Å². The molecule has 0 radical (unpaired) electrons. The Morgan fingerprint density at radius 1 is 1.24 bits per heavy atom. The zero-order chi connectivity index (χ0) is 21.2. The largest absolute Gasteiger partial charge is 0.494 e. The van der Waals surface area contributed by atoms with Crippen LogP contribution in [-0.4, -0.2) is 53.5 Å². The Bertz CT molecular complexity index is 805. The summed E-state index contributed by atoms with van der Waals surface area (Å²) in [6.07, 6.45) is 4.83. The number of ether oxygens (including phenoxy) is 1. The van der Waals surface area contributed by atoms with Crippen LogP contribution >= 0.6 is 0 Å². The van der Waals surface area contributed by atoms with Crippen LogP contribution in [0.1, 0.15) is 50.0 Å².